The molecule has 0 aliphatic rings. The fraction of sp³-hybridized carbons (Fsp3) is 0.600. The third-order valence-corrected chi connectivity index (χ3v) is 11.5. The van der Waals surface area contributed by atoms with Crippen LogP contribution in [-0.2, 0) is 10.8 Å². The lowest BCUT2D eigenvalue weighted by atomic mass is 10.1. The minimum Gasteiger partial charge on any atom is -0.418 e. The first-order valence-electron chi connectivity index (χ1n) is 6.96. The Bertz CT molecular complexity index is 341. The fourth-order valence-electron chi connectivity index (χ4n) is 2.60. The van der Waals surface area contributed by atoms with Crippen molar-refractivity contribution in [2.24, 2.45) is 0 Å². The zero-order valence-electron chi connectivity index (χ0n) is 12.6. The van der Waals surface area contributed by atoms with E-state index in [9.17, 15) is 0 Å². The maximum Gasteiger partial charge on any atom is 0.184 e. The normalized spacial score (nSPS) is 12.7. The fourth-order valence-corrected chi connectivity index (χ4v) is 13.9. The highest BCUT2D eigenvalue weighted by Crippen LogP contribution is 2.20. The third-order valence-electron chi connectivity index (χ3n) is 2.90. The highest BCUT2D eigenvalue weighted by atomic mass is 28.4. The molecule has 0 bridgehead atoms. The van der Waals surface area contributed by atoms with Crippen LogP contribution in [0.25, 0.3) is 0 Å². The maximum absolute atomic E-state index is 6.20. The van der Waals surface area contributed by atoms with Crippen LogP contribution < -0.4 is 0 Å². The highest BCUT2D eigenvalue weighted by Gasteiger charge is 2.29. The Kier molecular flexibility index (Phi) is 5.82. The highest BCUT2D eigenvalue weighted by molar-refractivity contribution is 6.92. The summed E-state index contributed by atoms with van der Waals surface area (Å²) in [5, 5.41) is 0. The molecule has 1 rings (SSSR count). The van der Waals surface area contributed by atoms with E-state index in [1.54, 1.807) is 0 Å². The maximum atomic E-state index is 6.20. The van der Waals surface area contributed by atoms with Gasteiger partial charge in [0.1, 0.15) is 0 Å². The Morgan fingerprint density at radius 3 is 2.11 bits per heavy atom. The van der Waals surface area contributed by atoms with Gasteiger partial charge in [0.15, 0.2) is 8.32 Å². The lowest BCUT2D eigenvalue weighted by molar-refractivity contribution is 0.303. The summed E-state index contributed by atoms with van der Waals surface area (Å²) >= 11 is 0. The summed E-state index contributed by atoms with van der Waals surface area (Å²) in [6.45, 7) is 13.0. The molecule has 0 radical (unpaired) electrons. The lowest BCUT2D eigenvalue weighted by Gasteiger charge is -2.29. The van der Waals surface area contributed by atoms with Crippen LogP contribution in [0.2, 0.25) is 38.4 Å². The van der Waals surface area contributed by atoms with Gasteiger partial charge in [-0.25, -0.2) is 0 Å². The first-order chi connectivity index (χ1) is 8.29. The van der Waals surface area contributed by atoms with Crippen LogP contribution in [0.1, 0.15) is 12.0 Å². The second kappa shape index (κ2) is 6.69. The molecule has 102 valence electrons. The van der Waals surface area contributed by atoms with Gasteiger partial charge in [0.25, 0.3) is 0 Å². The predicted molar refractivity (Wildman–Crippen MR) is 86.4 cm³/mol. The topological polar surface area (TPSA) is 9.23 Å². The van der Waals surface area contributed by atoms with Gasteiger partial charge in [-0.3, -0.25) is 0 Å². The first-order valence-corrected chi connectivity index (χ1v) is 13.8. The first kappa shape index (κ1) is 15.7. The average molecular weight is 281 g/mol. The second-order valence-corrected chi connectivity index (χ2v) is 17.3. The van der Waals surface area contributed by atoms with Gasteiger partial charge in [0, 0.05) is 14.7 Å². The van der Waals surface area contributed by atoms with Gasteiger partial charge in [-0.2, -0.15) is 0 Å². The molecule has 0 fully saturated rings. The smallest absolute Gasteiger partial charge is 0.184 e. The molecule has 0 amide bonds. The molecule has 3 heteroatoms. The van der Waals surface area contributed by atoms with E-state index in [-0.39, 0.29) is 0 Å². The third kappa shape index (κ3) is 7.14. The Labute approximate surface area is 115 Å². The zero-order chi connectivity index (χ0) is 13.6. The Balaban J connectivity index is 2.25. The molecule has 0 unspecified atom stereocenters. The van der Waals surface area contributed by atoms with Crippen molar-refractivity contribution in [1.82, 2.24) is 0 Å². The Morgan fingerprint density at radius 2 is 1.56 bits per heavy atom. The summed E-state index contributed by atoms with van der Waals surface area (Å²) in [5.41, 5.74) is 2.79. The quantitative estimate of drug-likeness (QED) is 0.519. The predicted octanol–water partition coefficient (Wildman–Crippen LogP) is 4.72. The van der Waals surface area contributed by atoms with Gasteiger partial charge in [0.2, 0.25) is 0 Å². The van der Waals surface area contributed by atoms with Crippen molar-refractivity contribution in [2.75, 3.05) is 6.61 Å². The molecule has 1 aromatic rings. The van der Waals surface area contributed by atoms with Crippen molar-refractivity contribution in [1.29, 1.82) is 0 Å². The van der Waals surface area contributed by atoms with E-state index < -0.39 is 16.4 Å². The van der Waals surface area contributed by atoms with Gasteiger partial charge >= 0.3 is 0 Å². The van der Waals surface area contributed by atoms with Crippen molar-refractivity contribution in [3.05, 3.63) is 35.9 Å². The summed E-state index contributed by atoms with van der Waals surface area (Å²) in [7, 11) is -2.40. The molecule has 0 spiro atoms. The van der Waals surface area contributed by atoms with Crippen LogP contribution in [0.5, 0.6) is 0 Å². The molecule has 0 saturated carbocycles. The van der Waals surface area contributed by atoms with Crippen molar-refractivity contribution in [3.8, 4) is 0 Å². The molecule has 18 heavy (non-hydrogen) atoms. The van der Waals surface area contributed by atoms with Gasteiger partial charge in [-0.05, 0) is 37.2 Å². The number of hydrogen-bond acceptors (Lipinski definition) is 1. The standard InChI is InChI=1S/C15H28OSi2/c1-17(2,3)14-18(4,5)16-13-9-12-15-10-7-6-8-11-15/h6-8,10-11H,9,12-14H2,1-5H3. The summed E-state index contributed by atoms with van der Waals surface area (Å²) in [6.07, 6.45) is 2.28. The van der Waals surface area contributed by atoms with Crippen molar-refractivity contribution in [2.45, 2.75) is 51.2 Å². The molecule has 0 aromatic heterocycles. The average Bonchev–Trinajstić information content (AvgIpc) is 2.23. The molecule has 1 aromatic carbocycles. The van der Waals surface area contributed by atoms with Crippen LogP contribution in [0.3, 0.4) is 0 Å². The second-order valence-electron chi connectivity index (χ2n) is 6.93. The van der Waals surface area contributed by atoms with Crippen molar-refractivity contribution >= 4 is 16.4 Å². The minimum atomic E-state index is -1.42. The largest absolute Gasteiger partial charge is 0.418 e. The lowest BCUT2D eigenvalue weighted by Crippen LogP contribution is -2.40. The van der Waals surface area contributed by atoms with E-state index in [1.165, 1.54) is 11.2 Å². The molecule has 0 aliphatic carbocycles. The summed E-state index contributed by atoms with van der Waals surface area (Å²) in [6, 6.07) is 10.7. The number of hydrogen-bond donors (Lipinski definition) is 0. The van der Waals surface area contributed by atoms with E-state index in [0.29, 0.717) is 0 Å². The van der Waals surface area contributed by atoms with Crippen LogP contribution in [0, 0.1) is 0 Å². The molecule has 0 saturated heterocycles. The van der Waals surface area contributed by atoms with E-state index in [1.807, 2.05) is 0 Å². The number of rotatable bonds is 7. The monoisotopic (exact) mass is 280 g/mol. The van der Waals surface area contributed by atoms with Crippen LogP contribution >= 0.6 is 0 Å². The summed E-state index contributed by atoms with van der Waals surface area (Å²) in [4.78, 5) is 0. The molecule has 0 aliphatic heterocycles. The Hall–Kier alpha value is -0.386. The SMILES string of the molecule is C[Si](C)(C)C[Si](C)(C)OCCCc1ccccc1. The zero-order valence-corrected chi connectivity index (χ0v) is 14.6. The molecular formula is C15H28OSi2. The number of benzene rings is 1. The van der Waals surface area contributed by atoms with Gasteiger partial charge in [-0.1, -0.05) is 50.0 Å². The molecule has 0 N–H and O–H groups in total. The van der Waals surface area contributed by atoms with Crippen molar-refractivity contribution in [3.63, 3.8) is 0 Å². The molecular weight excluding hydrogens is 252 g/mol. The summed E-state index contributed by atoms with van der Waals surface area (Å²) in [5.74, 6) is 0. The minimum absolute atomic E-state index is 0.929. The molecule has 0 atom stereocenters. The van der Waals surface area contributed by atoms with Gasteiger partial charge in [0.05, 0.1) is 0 Å². The molecule has 0 heterocycles. The summed E-state index contributed by atoms with van der Waals surface area (Å²) < 4.78 is 6.20. The van der Waals surface area contributed by atoms with E-state index >= 15 is 0 Å². The van der Waals surface area contributed by atoms with Crippen LogP contribution in [0.4, 0.5) is 0 Å². The van der Waals surface area contributed by atoms with Gasteiger partial charge in [-0.15, -0.1) is 0 Å². The van der Waals surface area contributed by atoms with Crippen LogP contribution in [0.15, 0.2) is 30.3 Å². The Morgan fingerprint density at radius 1 is 0.944 bits per heavy atom. The van der Waals surface area contributed by atoms with Crippen molar-refractivity contribution < 1.29 is 4.43 Å². The van der Waals surface area contributed by atoms with E-state index in [4.69, 9.17) is 4.43 Å². The molecule has 1 nitrogen and oxygen atoms in total. The van der Waals surface area contributed by atoms with Crippen LogP contribution in [-0.4, -0.2) is 23.0 Å². The van der Waals surface area contributed by atoms with E-state index in [0.717, 1.165) is 19.4 Å². The van der Waals surface area contributed by atoms with E-state index in [2.05, 4.69) is 63.1 Å². The van der Waals surface area contributed by atoms with Gasteiger partial charge < -0.3 is 4.43 Å². The number of aryl methyl sites for hydroxylation is 1.